The largest absolute Gasteiger partial charge is 0.449 e. The van der Waals surface area contributed by atoms with E-state index in [9.17, 15) is 18.0 Å². The maximum Gasteiger partial charge on any atom is 0.338 e. The molecule has 0 saturated carbocycles. The van der Waals surface area contributed by atoms with E-state index >= 15 is 0 Å². The number of amides is 1. The lowest BCUT2D eigenvalue weighted by atomic mass is 10.2. The van der Waals surface area contributed by atoms with Crippen LogP contribution in [0.3, 0.4) is 0 Å². The predicted octanol–water partition coefficient (Wildman–Crippen LogP) is 3.24. The summed E-state index contributed by atoms with van der Waals surface area (Å²) in [5, 5.41) is 4.85. The molecule has 2 aromatic carbocycles. The van der Waals surface area contributed by atoms with Gasteiger partial charge in [-0.2, -0.15) is 0 Å². The molecule has 1 atom stereocenters. The molecule has 0 bridgehead atoms. The Balaban J connectivity index is 1.61. The van der Waals surface area contributed by atoms with Gasteiger partial charge in [-0.3, -0.25) is 10.1 Å². The van der Waals surface area contributed by atoms with Gasteiger partial charge in [0.2, 0.25) is 10.0 Å². The number of rotatable bonds is 7. The second-order valence-corrected chi connectivity index (χ2v) is 9.76. The fraction of sp³-hybridized carbons (Fsp3) is 0.190. The van der Waals surface area contributed by atoms with Crippen molar-refractivity contribution < 1.29 is 22.7 Å². The van der Waals surface area contributed by atoms with Crippen molar-refractivity contribution in [3.63, 3.8) is 0 Å². The number of nitrogens with zero attached hydrogens (tertiary/aromatic N) is 2. The van der Waals surface area contributed by atoms with Crippen LogP contribution in [0.4, 0.5) is 5.13 Å². The minimum Gasteiger partial charge on any atom is -0.449 e. The van der Waals surface area contributed by atoms with Crippen molar-refractivity contribution in [3.05, 3.63) is 65.5 Å². The highest BCUT2D eigenvalue weighted by Gasteiger charge is 2.22. The number of sulfonamides is 1. The normalized spacial score (nSPS) is 12.4. The molecule has 3 aromatic rings. The SMILES string of the molecule is C[C@@H](OC(=O)c1ccc(S(=O)(=O)N(C)C)cc1)C(=O)Nc1nc(-c2ccccc2)cs1. The van der Waals surface area contributed by atoms with Gasteiger partial charge in [-0.15, -0.1) is 11.3 Å². The molecule has 8 nitrogen and oxygen atoms in total. The quantitative estimate of drug-likeness (QED) is 0.544. The molecule has 0 aliphatic rings. The van der Waals surface area contributed by atoms with Crippen LogP contribution in [0.25, 0.3) is 11.3 Å². The zero-order valence-corrected chi connectivity index (χ0v) is 18.7. The number of nitrogens with one attached hydrogen (secondary N) is 1. The highest BCUT2D eigenvalue weighted by molar-refractivity contribution is 7.89. The minimum absolute atomic E-state index is 0.0535. The summed E-state index contributed by atoms with van der Waals surface area (Å²) in [6.45, 7) is 1.45. The van der Waals surface area contributed by atoms with Crippen molar-refractivity contribution in [1.82, 2.24) is 9.29 Å². The molecule has 3 rings (SSSR count). The average Bonchev–Trinajstić information content (AvgIpc) is 3.22. The number of carbonyl (C=O) groups excluding carboxylic acids is 2. The summed E-state index contributed by atoms with van der Waals surface area (Å²) in [5.74, 6) is -1.25. The van der Waals surface area contributed by atoms with Crippen molar-refractivity contribution in [2.45, 2.75) is 17.9 Å². The molecule has 1 aromatic heterocycles. The lowest BCUT2D eigenvalue weighted by Gasteiger charge is -2.13. The molecule has 0 unspecified atom stereocenters. The molecule has 162 valence electrons. The third kappa shape index (κ3) is 5.35. The van der Waals surface area contributed by atoms with Gasteiger partial charge < -0.3 is 4.74 Å². The zero-order chi connectivity index (χ0) is 22.6. The third-order valence-electron chi connectivity index (χ3n) is 4.33. The van der Waals surface area contributed by atoms with Crippen LogP contribution in [0, 0.1) is 0 Å². The molecule has 1 amide bonds. The van der Waals surface area contributed by atoms with Crippen molar-refractivity contribution >= 4 is 38.4 Å². The van der Waals surface area contributed by atoms with Crippen molar-refractivity contribution in [1.29, 1.82) is 0 Å². The molecular weight excluding hydrogens is 438 g/mol. The van der Waals surface area contributed by atoms with E-state index in [1.807, 2.05) is 35.7 Å². The van der Waals surface area contributed by atoms with Crippen molar-refractivity contribution in [3.8, 4) is 11.3 Å². The molecule has 0 saturated heterocycles. The first kappa shape index (κ1) is 22.6. The van der Waals surface area contributed by atoms with E-state index in [-0.39, 0.29) is 10.5 Å². The maximum absolute atomic E-state index is 12.4. The molecule has 1 heterocycles. The highest BCUT2D eigenvalue weighted by Crippen LogP contribution is 2.24. The summed E-state index contributed by atoms with van der Waals surface area (Å²) in [5.41, 5.74) is 1.80. The highest BCUT2D eigenvalue weighted by atomic mass is 32.2. The molecule has 1 N–H and O–H groups in total. The molecule has 0 spiro atoms. The van der Waals surface area contributed by atoms with Crippen LogP contribution in [0.2, 0.25) is 0 Å². The Kier molecular flexibility index (Phi) is 6.84. The summed E-state index contributed by atoms with van der Waals surface area (Å²) < 4.78 is 30.5. The summed E-state index contributed by atoms with van der Waals surface area (Å²) in [6, 6.07) is 14.9. The lowest BCUT2D eigenvalue weighted by molar-refractivity contribution is -0.123. The molecule has 31 heavy (non-hydrogen) atoms. The zero-order valence-electron chi connectivity index (χ0n) is 17.1. The lowest BCUT2D eigenvalue weighted by Crippen LogP contribution is -2.30. The van der Waals surface area contributed by atoms with Gasteiger partial charge in [-0.25, -0.2) is 22.5 Å². The first-order valence-electron chi connectivity index (χ1n) is 9.24. The van der Waals surface area contributed by atoms with E-state index in [0.29, 0.717) is 5.13 Å². The van der Waals surface area contributed by atoms with Gasteiger partial charge in [-0.05, 0) is 31.2 Å². The summed E-state index contributed by atoms with van der Waals surface area (Å²) in [6.07, 6.45) is -1.07. The predicted molar refractivity (Wildman–Crippen MR) is 118 cm³/mol. The first-order chi connectivity index (χ1) is 14.7. The molecule has 10 heteroatoms. The number of aromatic nitrogens is 1. The number of esters is 1. The van der Waals surface area contributed by atoms with E-state index in [1.165, 1.54) is 56.6 Å². The second kappa shape index (κ2) is 9.38. The fourth-order valence-electron chi connectivity index (χ4n) is 2.54. The number of thiazole rings is 1. The summed E-state index contributed by atoms with van der Waals surface area (Å²) in [4.78, 5) is 29.1. The van der Waals surface area contributed by atoms with Crippen LogP contribution in [-0.2, 0) is 19.6 Å². The van der Waals surface area contributed by atoms with Crippen LogP contribution in [0.15, 0.2) is 64.9 Å². The van der Waals surface area contributed by atoms with Gasteiger partial charge in [0.25, 0.3) is 5.91 Å². The molecular formula is C21H21N3O5S2. The summed E-state index contributed by atoms with van der Waals surface area (Å²) >= 11 is 1.27. The van der Waals surface area contributed by atoms with E-state index in [2.05, 4.69) is 10.3 Å². The van der Waals surface area contributed by atoms with Crippen LogP contribution < -0.4 is 5.32 Å². The Bertz CT molecular complexity index is 1170. The van der Waals surface area contributed by atoms with Crippen molar-refractivity contribution in [2.75, 3.05) is 19.4 Å². The first-order valence-corrected chi connectivity index (χ1v) is 11.6. The van der Waals surface area contributed by atoms with Gasteiger partial charge in [0, 0.05) is 25.0 Å². The van der Waals surface area contributed by atoms with E-state index in [1.54, 1.807) is 0 Å². The van der Waals surface area contributed by atoms with E-state index in [4.69, 9.17) is 4.74 Å². The minimum atomic E-state index is -3.60. The topological polar surface area (TPSA) is 106 Å². The average molecular weight is 460 g/mol. The Morgan fingerprint density at radius 2 is 1.71 bits per heavy atom. The van der Waals surface area contributed by atoms with Crippen LogP contribution >= 0.6 is 11.3 Å². The van der Waals surface area contributed by atoms with Crippen molar-refractivity contribution in [2.24, 2.45) is 0 Å². The number of anilines is 1. The number of ether oxygens (including phenoxy) is 1. The summed E-state index contributed by atoms with van der Waals surface area (Å²) in [7, 11) is -0.758. The Morgan fingerprint density at radius 1 is 1.06 bits per heavy atom. The third-order valence-corrected chi connectivity index (χ3v) is 6.91. The van der Waals surface area contributed by atoms with Crippen LogP contribution in [0.5, 0.6) is 0 Å². The van der Waals surface area contributed by atoms with Crippen LogP contribution in [-0.4, -0.2) is 49.8 Å². The molecule has 0 aliphatic heterocycles. The van der Waals surface area contributed by atoms with Gasteiger partial charge in [0.15, 0.2) is 11.2 Å². The van der Waals surface area contributed by atoms with Gasteiger partial charge in [0.05, 0.1) is 16.2 Å². The monoisotopic (exact) mass is 459 g/mol. The van der Waals surface area contributed by atoms with Gasteiger partial charge in [-0.1, -0.05) is 30.3 Å². The number of hydrogen-bond acceptors (Lipinski definition) is 7. The molecule has 0 aliphatic carbocycles. The van der Waals surface area contributed by atoms with Gasteiger partial charge >= 0.3 is 5.97 Å². The smallest absolute Gasteiger partial charge is 0.338 e. The number of hydrogen-bond donors (Lipinski definition) is 1. The molecule has 0 fully saturated rings. The molecule has 0 radical (unpaired) electrons. The van der Waals surface area contributed by atoms with Crippen LogP contribution in [0.1, 0.15) is 17.3 Å². The fourth-order valence-corrected chi connectivity index (χ4v) is 4.16. The number of benzene rings is 2. The Labute approximate surface area is 184 Å². The van der Waals surface area contributed by atoms with Gasteiger partial charge in [0.1, 0.15) is 0 Å². The van der Waals surface area contributed by atoms with E-state index in [0.717, 1.165) is 15.6 Å². The maximum atomic E-state index is 12.4. The van der Waals surface area contributed by atoms with E-state index < -0.39 is 28.0 Å². The standard InChI is InChI=1S/C21H21N3O5S2/c1-14(19(25)23-21-22-18(13-30-21)15-7-5-4-6-8-15)29-20(26)16-9-11-17(12-10-16)31(27,28)24(2)3/h4-14H,1-3H3,(H,22,23,25)/t14-/m1/s1. The number of carbonyl (C=O) groups is 2. The Morgan fingerprint density at radius 3 is 2.32 bits per heavy atom. The second-order valence-electron chi connectivity index (χ2n) is 6.75. The Hall–Kier alpha value is -3.08.